The Kier molecular flexibility index (Phi) is 5.66. The predicted octanol–water partition coefficient (Wildman–Crippen LogP) is 3.96. The highest BCUT2D eigenvalue weighted by Gasteiger charge is 2.14. The molecular formula is C24H21ClN6O2. The highest BCUT2D eigenvalue weighted by molar-refractivity contribution is 6.30. The summed E-state index contributed by atoms with van der Waals surface area (Å²) >= 11 is 5.99. The molecule has 5 rings (SSSR count). The normalized spacial score (nSPS) is 11.2. The van der Waals surface area contributed by atoms with Crippen LogP contribution < -0.4 is 10.1 Å². The molecule has 0 aliphatic rings. The molecular weight excluding hydrogens is 440 g/mol. The number of fused-ring (bicyclic) bond motifs is 3. The fourth-order valence-electron chi connectivity index (χ4n) is 3.75. The van der Waals surface area contributed by atoms with E-state index in [1.807, 2.05) is 71.4 Å². The highest BCUT2D eigenvalue weighted by atomic mass is 35.5. The van der Waals surface area contributed by atoms with Crippen LogP contribution in [0, 0.1) is 0 Å². The Hall–Kier alpha value is -3.91. The smallest absolute Gasteiger partial charge is 0.220 e. The van der Waals surface area contributed by atoms with Gasteiger partial charge in [-0.25, -0.2) is 4.52 Å². The quantitative estimate of drug-likeness (QED) is 0.397. The van der Waals surface area contributed by atoms with Gasteiger partial charge in [0.05, 0.1) is 12.8 Å². The van der Waals surface area contributed by atoms with Crippen molar-refractivity contribution in [1.82, 2.24) is 29.5 Å². The number of amides is 1. The second kappa shape index (κ2) is 8.91. The van der Waals surface area contributed by atoms with Gasteiger partial charge in [0.15, 0.2) is 5.65 Å². The minimum absolute atomic E-state index is 0.0619. The van der Waals surface area contributed by atoms with Crippen molar-refractivity contribution in [2.24, 2.45) is 0 Å². The fraction of sp³-hybridized carbons (Fsp3) is 0.167. The van der Waals surface area contributed by atoms with Crippen molar-refractivity contribution in [3.63, 3.8) is 0 Å². The Morgan fingerprint density at radius 2 is 1.91 bits per heavy atom. The summed E-state index contributed by atoms with van der Waals surface area (Å²) in [5.74, 6) is 1.41. The lowest BCUT2D eigenvalue weighted by molar-refractivity contribution is -0.121. The number of methoxy groups -OCH3 is 1. The van der Waals surface area contributed by atoms with E-state index in [0.29, 0.717) is 35.9 Å². The molecule has 3 heterocycles. The van der Waals surface area contributed by atoms with Crippen LogP contribution in [0.15, 0.2) is 67.0 Å². The standard InChI is InChI=1S/C24H21ClN6O2/c1-33-21-5-3-2-4-17(21)15-26-23(32)11-10-22-27-28-24-20-14-19(16-6-8-18(25)9-7-16)29-31(20)13-12-30(22)24/h2-9,12-14H,10-11,15H2,1H3,(H,26,32). The number of nitrogens with zero attached hydrogens (tertiary/aromatic N) is 5. The third-order valence-electron chi connectivity index (χ3n) is 5.47. The van der Waals surface area contributed by atoms with Gasteiger partial charge in [-0.05, 0) is 24.3 Å². The summed E-state index contributed by atoms with van der Waals surface area (Å²) in [4.78, 5) is 12.4. The second-order valence-electron chi connectivity index (χ2n) is 7.56. The van der Waals surface area contributed by atoms with Gasteiger partial charge in [0.1, 0.15) is 17.1 Å². The highest BCUT2D eigenvalue weighted by Crippen LogP contribution is 2.23. The SMILES string of the molecule is COc1ccccc1CNC(=O)CCc1nnc2c3cc(-c4ccc(Cl)cc4)nn3ccn12. The van der Waals surface area contributed by atoms with Crippen LogP contribution in [0.3, 0.4) is 0 Å². The molecule has 5 aromatic rings. The molecule has 2 aromatic carbocycles. The number of ether oxygens (including phenoxy) is 1. The van der Waals surface area contributed by atoms with E-state index >= 15 is 0 Å². The van der Waals surface area contributed by atoms with Crippen molar-refractivity contribution >= 4 is 28.7 Å². The zero-order valence-electron chi connectivity index (χ0n) is 17.9. The molecule has 8 nitrogen and oxygen atoms in total. The molecule has 0 saturated carbocycles. The van der Waals surface area contributed by atoms with E-state index in [-0.39, 0.29) is 5.91 Å². The molecule has 3 aromatic heterocycles. The maximum Gasteiger partial charge on any atom is 0.220 e. The molecule has 0 saturated heterocycles. The first-order chi connectivity index (χ1) is 16.1. The maximum atomic E-state index is 12.4. The maximum absolute atomic E-state index is 12.4. The van der Waals surface area contributed by atoms with Gasteiger partial charge in [-0.2, -0.15) is 5.10 Å². The first-order valence-electron chi connectivity index (χ1n) is 10.5. The second-order valence-corrected chi connectivity index (χ2v) is 8.00. The van der Waals surface area contributed by atoms with Crippen LogP contribution in [0.25, 0.3) is 22.4 Å². The van der Waals surface area contributed by atoms with E-state index in [4.69, 9.17) is 16.3 Å². The summed E-state index contributed by atoms with van der Waals surface area (Å²) in [6.45, 7) is 0.410. The summed E-state index contributed by atoms with van der Waals surface area (Å²) in [5.41, 5.74) is 4.24. The van der Waals surface area contributed by atoms with Crippen LogP contribution in [0.2, 0.25) is 5.02 Å². The van der Waals surface area contributed by atoms with E-state index in [1.54, 1.807) is 11.6 Å². The lowest BCUT2D eigenvalue weighted by Crippen LogP contribution is -2.23. The summed E-state index contributed by atoms with van der Waals surface area (Å²) < 4.78 is 9.00. The minimum atomic E-state index is -0.0619. The zero-order chi connectivity index (χ0) is 22.8. The number of hydrogen-bond acceptors (Lipinski definition) is 5. The van der Waals surface area contributed by atoms with E-state index < -0.39 is 0 Å². The molecule has 0 aliphatic carbocycles. The van der Waals surface area contributed by atoms with Crippen molar-refractivity contribution < 1.29 is 9.53 Å². The number of benzene rings is 2. The van der Waals surface area contributed by atoms with Crippen molar-refractivity contribution in [1.29, 1.82) is 0 Å². The first-order valence-corrected chi connectivity index (χ1v) is 10.9. The number of aryl methyl sites for hydroxylation is 1. The van der Waals surface area contributed by atoms with E-state index in [2.05, 4.69) is 20.6 Å². The van der Waals surface area contributed by atoms with Crippen molar-refractivity contribution in [3.8, 4) is 17.0 Å². The van der Waals surface area contributed by atoms with Crippen LogP contribution in [0.5, 0.6) is 5.75 Å². The molecule has 0 fully saturated rings. The fourth-order valence-corrected chi connectivity index (χ4v) is 3.87. The largest absolute Gasteiger partial charge is 0.496 e. The third kappa shape index (κ3) is 4.25. The van der Waals surface area contributed by atoms with Gasteiger partial charge in [0, 0.05) is 47.9 Å². The van der Waals surface area contributed by atoms with Gasteiger partial charge < -0.3 is 10.1 Å². The van der Waals surface area contributed by atoms with Gasteiger partial charge >= 0.3 is 0 Å². The van der Waals surface area contributed by atoms with Crippen molar-refractivity contribution in [2.75, 3.05) is 7.11 Å². The number of hydrogen-bond donors (Lipinski definition) is 1. The molecule has 0 radical (unpaired) electrons. The predicted molar refractivity (Wildman–Crippen MR) is 125 cm³/mol. The van der Waals surface area contributed by atoms with Gasteiger partial charge in [-0.1, -0.05) is 41.9 Å². The molecule has 1 amide bonds. The monoisotopic (exact) mass is 460 g/mol. The number of carbonyl (C=O) groups excluding carboxylic acids is 1. The van der Waals surface area contributed by atoms with E-state index in [9.17, 15) is 4.79 Å². The molecule has 0 bridgehead atoms. The summed E-state index contributed by atoms with van der Waals surface area (Å²) in [6.07, 6.45) is 4.49. The molecule has 0 unspecified atom stereocenters. The number of halogens is 1. The van der Waals surface area contributed by atoms with Crippen LogP contribution in [0.4, 0.5) is 0 Å². The number of para-hydroxylation sites is 1. The lowest BCUT2D eigenvalue weighted by Gasteiger charge is -2.09. The van der Waals surface area contributed by atoms with E-state index in [1.165, 1.54) is 0 Å². The van der Waals surface area contributed by atoms with Gasteiger partial charge in [-0.3, -0.25) is 9.20 Å². The summed E-state index contributed by atoms with van der Waals surface area (Å²) in [7, 11) is 1.62. The van der Waals surface area contributed by atoms with Crippen molar-refractivity contribution in [3.05, 3.63) is 83.4 Å². The van der Waals surface area contributed by atoms with Crippen LogP contribution in [-0.4, -0.2) is 37.2 Å². The van der Waals surface area contributed by atoms with Crippen LogP contribution >= 0.6 is 11.6 Å². The third-order valence-corrected chi connectivity index (χ3v) is 5.72. The number of nitrogens with one attached hydrogen (secondary N) is 1. The van der Waals surface area contributed by atoms with Crippen molar-refractivity contribution in [2.45, 2.75) is 19.4 Å². The average molecular weight is 461 g/mol. The Morgan fingerprint density at radius 1 is 1.09 bits per heavy atom. The Bertz CT molecular complexity index is 1440. The minimum Gasteiger partial charge on any atom is -0.496 e. The summed E-state index contributed by atoms with van der Waals surface area (Å²) in [6, 6.07) is 17.1. The number of aromatic nitrogens is 5. The lowest BCUT2D eigenvalue weighted by atomic mass is 10.1. The Morgan fingerprint density at radius 3 is 2.73 bits per heavy atom. The molecule has 0 aliphatic heterocycles. The van der Waals surface area contributed by atoms with Gasteiger partial charge in [-0.15, -0.1) is 10.2 Å². The van der Waals surface area contributed by atoms with Crippen LogP contribution in [0.1, 0.15) is 17.8 Å². The topological polar surface area (TPSA) is 85.8 Å². The number of carbonyl (C=O) groups is 1. The first kappa shape index (κ1) is 21.0. The van der Waals surface area contributed by atoms with Gasteiger partial charge in [0.25, 0.3) is 0 Å². The average Bonchev–Trinajstić information content (AvgIpc) is 3.46. The number of rotatable bonds is 7. The molecule has 9 heteroatoms. The van der Waals surface area contributed by atoms with Crippen LogP contribution in [-0.2, 0) is 17.8 Å². The molecule has 166 valence electrons. The molecule has 0 spiro atoms. The summed E-state index contributed by atoms with van der Waals surface area (Å²) in [5, 5.41) is 16.9. The zero-order valence-corrected chi connectivity index (χ0v) is 18.7. The molecule has 33 heavy (non-hydrogen) atoms. The Labute approximate surface area is 194 Å². The van der Waals surface area contributed by atoms with Gasteiger partial charge in [0.2, 0.25) is 5.91 Å². The molecule has 1 N–H and O–H groups in total. The Balaban J connectivity index is 1.30. The van der Waals surface area contributed by atoms with E-state index in [0.717, 1.165) is 28.1 Å². The molecule has 0 atom stereocenters.